The largest absolute Gasteiger partial charge is 0.481 e. The fraction of sp³-hybridized carbons (Fsp3) is 0.400. The van der Waals surface area contributed by atoms with Crippen molar-refractivity contribution in [1.29, 1.82) is 0 Å². The van der Waals surface area contributed by atoms with E-state index in [0.717, 1.165) is 27.2 Å². The lowest BCUT2D eigenvalue weighted by molar-refractivity contribution is -0.188. The van der Waals surface area contributed by atoms with Crippen LogP contribution in [0, 0.1) is 11.8 Å². The third kappa shape index (κ3) is 4.82. The zero-order valence-corrected chi connectivity index (χ0v) is 18.9. The number of carboxylic acid groups (broad SMARTS) is 1. The van der Waals surface area contributed by atoms with Gasteiger partial charge in [0.15, 0.2) is 5.92 Å². The average molecular weight is 490 g/mol. The molecule has 186 valence electrons. The van der Waals surface area contributed by atoms with Crippen molar-refractivity contribution in [2.75, 3.05) is 19.7 Å². The van der Waals surface area contributed by atoms with Crippen molar-refractivity contribution in [3.63, 3.8) is 0 Å². The summed E-state index contributed by atoms with van der Waals surface area (Å²) in [6.07, 6.45) is -5.91. The molecule has 0 aromatic heterocycles. The highest BCUT2D eigenvalue weighted by Crippen LogP contribution is 2.44. The number of halogens is 3. The number of nitrogens with one attached hydrogen (secondary N) is 1. The number of aliphatic carboxylic acids is 1. The number of likely N-dealkylation sites (tertiary alicyclic amines) is 1. The molecule has 35 heavy (non-hydrogen) atoms. The fourth-order valence-corrected chi connectivity index (χ4v) is 4.96. The van der Waals surface area contributed by atoms with Crippen LogP contribution >= 0.6 is 0 Å². The van der Waals surface area contributed by atoms with Gasteiger partial charge < -0.3 is 20.1 Å². The van der Waals surface area contributed by atoms with Crippen LogP contribution in [-0.2, 0) is 14.3 Å². The molecule has 10 heteroatoms. The van der Waals surface area contributed by atoms with Crippen molar-refractivity contribution in [3.8, 4) is 11.1 Å². The highest BCUT2D eigenvalue weighted by atomic mass is 19.4. The Bertz CT molecular complexity index is 1090. The summed E-state index contributed by atoms with van der Waals surface area (Å²) in [6.45, 7) is 0.249. The van der Waals surface area contributed by atoms with Gasteiger partial charge in [-0.15, -0.1) is 0 Å². The molecule has 7 nitrogen and oxygen atoms in total. The van der Waals surface area contributed by atoms with Crippen molar-refractivity contribution in [3.05, 3.63) is 59.7 Å². The van der Waals surface area contributed by atoms with Gasteiger partial charge in [0.05, 0.1) is 5.92 Å². The summed E-state index contributed by atoms with van der Waals surface area (Å²) in [7, 11) is 0. The molecular formula is C25H25F3N2O5. The van der Waals surface area contributed by atoms with Gasteiger partial charge in [0.1, 0.15) is 6.61 Å². The molecule has 1 saturated heterocycles. The number of benzene rings is 2. The zero-order valence-electron chi connectivity index (χ0n) is 18.9. The third-order valence-corrected chi connectivity index (χ3v) is 6.84. The Labute approximate surface area is 199 Å². The first kappa shape index (κ1) is 24.6. The molecule has 2 aromatic carbocycles. The first-order chi connectivity index (χ1) is 16.6. The van der Waals surface area contributed by atoms with Crippen LogP contribution in [0.5, 0.6) is 0 Å². The maximum absolute atomic E-state index is 13.7. The molecule has 0 saturated carbocycles. The van der Waals surface area contributed by atoms with Gasteiger partial charge in [-0.25, -0.2) is 4.79 Å². The van der Waals surface area contributed by atoms with E-state index in [4.69, 9.17) is 4.74 Å². The smallest absolute Gasteiger partial charge is 0.407 e. The Kier molecular flexibility index (Phi) is 6.73. The van der Waals surface area contributed by atoms with Gasteiger partial charge in [0, 0.05) is 25.0 Å². The van der Waals surface area contributed by atoms with Crippen molar-refractivity contribution in [2.24, 2.45) is 11.8 Å². The second-order valence-electron chi connectivity index (χ2n) is 8.81. The van der Waals surface area contributed by atoms with E-state index >= 15 is 0 Å². The summed E-state index contributed by atoms with van der Waals surface area (Å²) in [5.74, 6) is -6.10. The molecule has 0 bridgehead atoms. The Hall–Kier alpha value is -3.56. The number of alkyl carbamates (subject to hydrolysis) is 1. The maximum Gasteiger partial charge on any atom is 0.407 e. The summed E-state index contributed by atoms with van der Waals surface area (Å²) >= 11 is 0. The summed E-state index contributed by atoms with van der Waals surface area (Å²) in [6, 6.07) is 14.4. The van der Waals surface area contributed by atoms with Crippen LogP contribution < -0.4 is 5.32 Å². The predicted octanol–water partition coefficient (Wildman–Crippen LogP) is 4.03. The van der Waals surface area contributed by atoms with Gasteiger partial charge >= 0.3 is 18.2 Å². The zero-order chi connectivity index (χ0) is 25.3. The maximum atomic E-state index is 13.7. The van der Waals surface area contributed by atoms with Gasteiger partial charge in [-0.1, -0.05) is 48.5 Å². The third-order valence-electron chi connectivity index (χ3n) is 6.84. The number of amides is 2. The van der Waals surface area contributed by atoms with Gasteiger partial charge in [-0.2, -0.15) is 13.2 Å². The lowest BCUT2D eigenvalue weighted by Gasteiger charge is -2.29. The van der Waals surface area contributed by atoms with Crippen molar-refractivity contribution >= 4 is 18.0 Å². The van der Waals surface area contributed by atoms with Gasteiger partial charge in [0.25, 0.3) is 0 Å². The second kappa shape index (κ2) is 9.59. The number of ether oxygens (including phenoxy) is 1. The first-order valence-electron chi connectivity index (χ1n) is 11.3. The average Bonchev–Trinajstić information content (AvgIpc) is 3.35. The highest BCUT2D eigenvalue weighted by Gasteiger charge is 2.50. The fourth-order valence-electron chi connectivity index (χ4n) is 4.96. The van der Waals surface area contributed by atoms with E-state index < -0.39 is 48.6 Å². The number of carbonyl (C=O) groups is 3. The summed E-state index contributed by atoms with van der Waals surface area (Å²) in [5, 5.41) is 11.3. The van der Waals surface area contributed by atoms with E-state index in [9.17, 15) is 32.7 Å². The number of hydrogen-bond acceptors (Lipinski definition) is 4. The number of rotatable bonds is 6. The van der Waals surface area contributed by atoms with Crippen LogP contribution in [-0.4, -0.2) is 59.9 Å². The Morgan fingerprint density at radius 2 is 1.66 bits per heavy atom. The van der Waals surface area contributed by atoms with E-state index in [-0.39, 0.29) is 25.5 Å². The molecule has 1 fully saturated rings. The van der Waals surface area contributed by atoms with Crippen LogP contribution in [0.3, 0.4) is 0 Å². The molecule has 3 unspecified atom stereocenters. The minimum absolute atomic E-state index is 0.0755. The number of carboxylic acids is 1. The van der Waals surface area contributed by atoms with Crippen LogP contribution in [0.2, 0.25) is 0 Å². The predicted molar refractivity (Wildman–Crippen MR) is 120 cm³/mol. The quantitative estimate of drug-likeness (QED) is 0.638. The molecule has 2 amide bonds. The molecule has 2 aliphatic rings. The molecule has 1 heterocycles. The molecule has 1 aliphatic heterocycles. The van der Waals surface area contributed by atoms with Crippen LogP contribution in [0.4, 0.5) is 18.0 Å². The van der Waals surface area contributed by atoms with E-state index in [2.05, 4.69) is 5.32 Å². The van der Waals surface area contributed by atoms with Gasteiger partial charge in [-0.05, 0) is 35.6 Å². The lowest BCUT2D eigenvalue weighted by atomic mass is 9.98. The lowest BCUT2D eigenvalue weighted by Crippen LogP contribution is -2.49. The molecular weight excluding hydrogens is 465 g/mol. The summed E-state index contributed by atoms with van der Waals surface area (Å²) in [4.78, 5) is 37.1. The van der Waals surface area contributed by atoms with Crippen molar-refractivity contribution in [1.82, 2.24) is 10.2 Å². The topological polar surface area (TPSA) is 95.9 Å². The standard InChI is InChI=1S/C25H25F3N2O5/c1-14-15(23(32)33)10-11-30(14)22(31)21(25(26,27)28)12-29-24(34)35-13-20-18-8-4-2-6-16(18)17-7-3-5-9-19(17)20/h2-9,14-15,20-21H,10-13H2,1H3,(H,29,34)(H,32,33). The minimum Gasteiger partial charge on any atom is -0.481 e. The van der Waals surface area contributed by atoms with Crippen LogP contribution in [0.15, 0.2) is 48.5 Å². The number of alkyl halides is 3. The van der Waals surface area contributed by atoms with E-state index in [1.165, 1.54) is 6.92 Å². The van der Waals surface area contributed by atoms with Gasteiger partial charge in [0.2, 0.25) is 5.91 Å². The van der Waals surface area contributed by atoms with Gasteiger partial charge in [-0.3, -0.25) is 9.59 Å². The molecule has 4 rings (SSSR count). The molecule has 1 aliphatic carbocycles. The first-order valence-corrected chi connectivity index (χ1v) is 11.3. The molecule has 0 spiro atoms. The summed E-state index contributed by atoms with van der Waals surface area (Å²) < 4.78 is 46.2. The van der Waals surface area contributed by atoms with E-state index in [1.807, 2.05) is 48.5 Å². The Balaban J connectivity index is 1.39. The molecule has 2 N–H and O–H groups in total. The molecule has 3 atom stereocenters. The van der Waals surface area contributed by atoms with Crippen molar-refractivity contribution in [2.45, 2.75) is 31.5 Å². The Morgan fingerprint density at radius 3 is 2.17 bits per heavy atom. The highest BCUT2D eigenvalue weighted by molar-refractivity contribution is 5.83. The number of carbonyl (C=O) groups excluding carboxylic acids is 2. The molecule has 2 aromatic rings. The van der Waals surface area contributed by atoms with Crippen LogP contribution in [0.1, 0.15) is 30.4 Å². The Morgan fingerprint density at radius 1 is 1.09 bits per heavy atom. The number of hydrogen-bond donors (Lipinski definition) is 2. The monoisotopic (exact) mass is 490 g/mol. The van der Waals surface area contributed by atoms with E-state index in [1.54, 1.807) is 0 Å². The van der Waals surface area contributed by atoms with Crippen molar-refractivity contribution < 1.29 is 37.4 Å². The summed E-state index contributed by atoms with van der Waals surface area (Å²) in [5.41, 5.74) is 3.94. The molecule has 0 radical (unpaired) electrons. The normalized spacial score (nSPS) is 20.2. The van der Waals surface area contributed by atoms with E-state index in [0.29, 0.717) is 0 Å². The number of nitrogens with zero attached hydrogens (tertiary/aromatic N) is 1. The minimum atomic E-state index is -4.92. The number of fused-ring (bicyclic) bond motifs is 3. The SMILES string of the molecule is CC1C(C(=O)O)CCN1C(=O)C(CNC(=O)OCC1c2ccccc2-c2ccccc21)C(F)(F)F. The second-order valence-corrected chi connectivity index (χ2v) is 8.81. The van der Waals surface area contributed by atoms with Crippen LogP contribution in [0.25, 0.3) is 11.1 Å².